The van der Waals surface area contributed by atoms with E-state index in [4.69, 9.17) is 5.73 Å². The summed E-state index contributed by atoms with van der Waals surface area (Å²) in [5, 5.41) is 0. The zero-order valence-corrected chi connectivity index (χ0v) is 7.44. The summed E-state index contributed by atoms with van der Waals surface area (Å²) in [5.74, 6) is -1.98. The van der Waals surface area contributed by atoms with Gasteiger partial charge in [-0.15, -0.1) is 13.2 Å². The molecule has 16 heavy (non-hydrogen) atoms. The number of hydrogen-bond donors (Lipinski definition) is 2. The number of anilines is 1. The molecule has 4 nitrogen and oxygen atoms in total. The van der Waals surface area contributed by atoms with Crippen LogP contribution in [0.3, 0.4) is 0 Å². The third kappa shape index (κ3) is 2.61. The number of ether oxygens (including phenoxy) is 1. The zero-order chi connectivity index (χ0) is 12.5. The lowest BCUT2D eigenvalue weighted by atomic mass is 10.2. The van der Waals surface area contributed by atoms with Crippen molar-refractivity contribution in [2.24, 2.45) is 0 Å². The van der Waals surface area contributed by atoms with Crippen LogP contribution in [0.1, 0.15) is 12.0 Å². The molecule has 1 aromatic rings. The first kappa shape index (κ1) is 12.3. The van der Waals surface area contributed by atoms with E-state index in [0.717, 1.165) is 0 Å². The monoisotopic (exact) mass is 244 g/mol. The van der Waals surface area contributed by atoms with Gasteiger partial charge < -0.3 is 15.5 Å². The van der Waals surface area contributed by atoms with Crippen molar-refractivity contribution in [1.29, 1.82) is 0 Å². The van der Waals surface area contributed by atoms with Crippen molar-refractivity contribution in [3.05, 3.63) is 22.0 Å². The first-order valence-corrected chi connectivity index (χ1v) is 3.77. The van der Waals surface area contributed by atoms with E-state index in [9.17, 15) is 26.7 Å². The largest absolute Gasteiger partial charge is 0.573 e. The van der Waals surface area contributed by atoms with Gasteiger partial charge in [0.2, 0.25) is 5.43 Å². The number of nitrogen functional groups attached to an aromatic ring is 1. The Morgan fingerprint density at radius 3 is 2.38 bits per heavy atom. The molecule has 0 unspecified atom stereocenters. The van der Waals surface area contributed by atoms with Crippen LogP contribution in [0.4, 0.5) is 27.8 Å². The van der Waals surface area contributed by atoms with Crippen LogP contribution in [0.25, 0.3) is 0 Å². The van der Waals surface area contributed by atoms with Crippen molar-refractivity contribution in [2.75, 3.05) is 5.73 Å². The molecule has 0 atom stereocenters. The molecule has 1 heterocycles. The van der Waals surface area contributed by atoms with Crippen LogP contribution >= 0.6 is 0 Å². The third-order valence-corrected chi connectivity index (χ3v) is 1.56. The summed E-state index contributed by atoms with van der Waals surface area (Å²) in [6, 6.07) is 0. The highest BCUT2D eigenvalue weighted by Gasteiger charge is 2.33. The SMILES string of the molecule is Nc1[nH]cc(OC(F)(F)F)c(=O)c1C(F)F. The summed E-state index contributed by atoms with van der Waals surface area (Å²) in [7, 11) is 0. The quantitative estimate of drug-likeness (QED) is 0.779. The molecular formula is C7H5F5N2O2. The number of alkyl halides is 5. The Balaban J connectivity index is 3.25. The summed E-state index contributed by atoms with van der Waals surface area (Å²) in [6.07, 6.45) is -7.96. The van der Waals surface area contributed by atoms with Gasteiger partial charge in [0.25, 0.3) is 6.43 Å². The molecule has 90 valence electrons. The molecule has 1 rings (SSSR count). The number of aromatic nitrogens is 1. The zero-order valence-electron chi connectivity index (χ0n) is 7.44. The second-order valence-corrected chi connectivity index (χ2v) is 2.66. The Morgan fingerprint density at radius 2 is 1.94 bits per heavy atom. The van der Waals surface area contributed by atoms with Crippen LogP contribution in [0, 0.1) is 0 Å². The third-order valence-electron chi connectivity index (χ3n) is 1.56. The molecule has 3 N–H and O–H groups in total. The van der Waals surface area contributed by atoms with Gasteiger partial charge in [-0.25, -0.2) is 8.78 Å². The molecule has 9 heteroatoms. The second-order valence-electron chi connectivity index (χ2n) is 2.66. The van der Waals surface area contributed by atoms with Gasteiger partial charge in [-0.1, -0.05) is 0 Å². The fourth-order valence-electron chi connectivity index (χ4n) is 0.959. The van der Waals surface area contributed by atoms with Crippen molar-refractivity contribution >= 4 is 5.82 Å². The summed E-state index contributed by atoms with van der Waals surface area (Å²) in [6.45, 7) is 0. The molecule has 0 spiro atoms. The average Bonchev–Trinajstić information content (AvgIpc) is 2.07. The van der Waals surface area contributed by atoms with Crippen LogP contribution < -0.4 is 15.9 Å². The van der Waals surface area contributed by atoms with E-state index in [1.807, 2.05) is 4.98 Å². The Hall–Kier alpha value is -1.80. The van der Waals surface area contributed by atoms with Gasteiger partial charge in [-0.2, -0.15) is 0 Å². The number of halogens is 5. The van der Waals surface area contributed by atoms with Crippen LogP contribution in [0.2, 0.25) is 0 Å². The first-order chi connectivity index (χ1) is 7.22. The highest BCUT2D eigenvalue weighted by atomic mass is 19.4. The lowest BCUT2D eigenvalue weighted by Crippen LogP contribution is -2.24. The first-order valence-electron chi connectivity index (χ1n) is 3.77. The van der Waals surface area contributed by atoms with Gasteiger partial charge in [-0.05, 0) is 0 Å². The number of H-pyrrole nitrogens is 1. The maximum Gasteiger partial charge on any atom is 0.573 e. The Morgan fingerprint density at radius 1 is 1.38 bits per heavy atom. The minimum absolute atomic E-state index is 0.469. The van der Waals surface area contributed by atoms with E-state index >= 15 is 0 Å². The highest BCUT2D eigenvalue weighted by molar-refractivity contribution is 5.43. The molecule has 0 saturated carbocycles. The Bertz CT molecular complexity index is 439. The molecule has 0 saturated heterocycles. The number of rotatable bonds is 2. The maximum absolute atomic E-state index is 12.3. The molecule has 0 aromatic carbocycles. The number of hydrogen-bond acceptors (Lipinski definition) is 3. The Kier molecular flexibility index (Phi) is 3.06. The minimum Gasteiger partial charge on any atom is -0.400 e. The second kappa shape index (κ2) is 3.99. The van der Waals surface area contributed by atoms with E-state index in [-0.39, 0.29) is 0 Å². The van der Waals surface area contributed by atoms with Crippen LogP contribution in [0.5, 0.6) is 5.75 Å². The standard InChI is InChI=1S/C7H5F5N2O2/c8-5(9)3-4(15)2(1-14-6(3)13)16-7(10,11)12/h1,5H,(H3,13,14,15). The van der Waals surface area contributed by atoms with E-state index in [0.29, 0.717) is 6.20 Å². The number of aromatic amines is 1. The number of pyridine rings is 1. The van der Waals surface area contributed by atoms with Crippen molar-refractivity contribution in [1.82, 2.24) is 4.98 Å². The summed E-state index contributed by atoms with van der Waals surface area (Å²) in [4.78, 5) is 13.0. The molecule has 0 radical (unpaired) electrons. The maximum atomic E-state index is 12.3. The number of nitrogens with one attached hydrogen (secondary N) is 1. The number of nitrogens with two attached hydrogens (primary N) is 1. The molecule has 0 aliphatic heterocycles. The van der Waals surface area contributed by atoms with Gasteiger partial charge in [-0.3, -0.25) is 4.79 Å². The topological polar surface area (TPSA) is 68.1 Å². The molecule has 0 fully saturated rings. The predicted molar refractivity (Wildman–Crippen MR) is 43.1 cm³/mol. The van der Waals surface area contributed by atoms with Crippen molar-refractivity contribution < 1.29 is 26.7 Å². The van der Waals surface area contributed by atoms with Crippen LogP contribution in [-0.2, 0) is 0 Å². The molecule has 0 bridgehead atoms. The normalized spacial score (nSPS) is 11.9. The average molecular weight is 244 g/mol. The van der Waals surface area contributed by atoms with Gasteiger partial charge >= 0.3 is 6.36 Å². The van der Waals surface area contributed by atoms with Gasteiger partial charge in [0.05, 0.1) is 0 Å². The molecular weight excluding hydrogens is 239 g/mol. The smallest absolute Gasteiger partial charge is 0.400 e. The van der Waals surface area contributed by atoms with Crippen LogP contribution in [-0.4, -0.2) is 11.3 Å². The van der Waals surface area contributed by atoms with Crippen molar-refractivity contribution in [2.45, 2.75) is 12.8 Å². The van der Waals surface area contributed by atoms with Gasteiger partial charge in [0.1, 0.15) is 11.4 Å². The van der Waals surface area contributed by atoms with E-state index < -0.39 is 35.3 Å². The predicted octanol–water partition coefficient (Wildman–Crippen LogP) is 1.79. The van der Waals surface area contributed by atoms with Crippen molar-refractivity contribution in [3.63, 3.8) is 0 Å². The Labute approximate surface area is 84.8 Å². The van der Waals surface area contributed by atoms with E-state index in [1.54, 1.807) is 0 Å². The summed E-state index contributed by atoms with van der Waals surface area (Å²) >= 11 is 0. The molecule has 1 aromatic heterocycles. The molecule has 0 amide bonds. The molecule has 0 aliphatic rings. The van der Waals surface area contributed by atoms with E-state index in [1.165, 1.54) is 0 Å². The minimum atomic E-state index is -5.14. The van der Waals surface area contributed by atoms with Crippen molar-refractivity contribution in [3.8, 4) is 5.75 Å². The lowest BCUT2D eigenvalue weighted by molar-refractivity contribution is -0.275. The van der Waals surface area contributed by atoms with E-state index in [2.05, 4.69) is 4.74 Å². The fourth-order valence-corrected chi connectivity index (χ4v) is 0.959. The highest BCUT2D eigenvalue weighted by Crippen LogP contribution is 2.24. The lowest BCUT2D eigenvalue weighted by Gasteiger charge is -2.10. The van der Waals surface area contributed by atoms with Gasteiger partial charge in [0, 0.05) is 6.20 Å². The van der Waals surface area contributed by atoms with Crippen LogP contribution in [0.15, 0.2) is 11.0 Å². The van der Waals surface area contributed by atoms with Gasteiger partial charge in [0.15, 0.2) is 5.75 Å². The fraction of sp³-hybridized carbons (Fsp3) is 0.286. The molecule has 0 aliphatic carbocycles. The summed E-state index contributed by atoms with van der Waals surface area (Å²) < 4.78 is 63.1. The summed E-state index contributed by atoms with van der Waals surface area (Å²) in [5.41, 5.74) is 2.14.